The van der Waals surface area contributed by atoms with Crippen molar-refractivity contribution in [2.75, 3.05) is 17.0 Å². The number of hydrogen-bond acceptors (Lipinski definition) is 3. The quantitative estimate of drug-likeness (QED) is 0.819. The topological polar surface area (TPSA) is 72.2 Å². The number of hydrogen-bond donors (Lipinski definition) is 2. The minimum atomic E-state index is -3.26. The Bertz CT molecular complexity index is 455. The highest BCUT2D eigenvalue weighted by atomic mass is 32.2. The number of aryl methyl sites for hydroxylation is 2. The van der Waals surface area contributed by atoms with Crippen LogP contribution in [0.25, 0.3) is 0 Å². The van der Waals surface area contributed by atoms with Crippen molar-refractivity contribution in [3.05, 3.63) is 29.3 Å². The fourth-order valence-electron chi connectivity index (χ4n) is 1.42. The smallest absolute Gasteiger partial charge is 0.232 e. The summed E-state index contributed by atoms with van der Waals surface area (Å²) in [6, 6.07) is 5.61. The van der Waals surface area contributed by atoms with Gasteiger partial charge in [-0.3, -0.25) is 4.72 Å². The Morgan fingerprint density at radius 1 is 1.31 bits per heavy atom. The van der Waals surface area contributed by atoms with Gasteiger partial charge in [-0.05, 0) is 38.4 Å². The molecule has 0 spiro atoms. The molecule has 16 heavy (non-hydrogen) atoms. The lowest BCUT2D eigenvalue weighted by Crippen LogP contribution is -2.19. The third-order valence-electron chi connectivity index (χ3n) is 2.26. The number of nitrogens with two attached hydrogens (primary N) is 1. The van der Waals surface area contributed by atoms with Crippen LogP contribution in [0.5, 0.6) is 0 Å². The van der Waals surface area contributed by atoms with Crippen LogP contribution in [0.2, 0.25) is 0 Å². The van der Waals surface area contributed by atoms with E-state index in [0.29, 0.717) is 18.7 Å². The molecular formula is C11H18N2O2S. The zero-order valence-corrected chi connectivity index (χ0v) is 10.5. The van der Waals surface area contributed by atoms with E-state index in [2.05, 4.69) is 4.72 Å². The Morgan fingerprint density at radius 2 is 2.00 bits per heavy atom. The van der Waals surface area contributed by atoms with Gasteiger partial charge in [0.1, 0.15) is 0 Å². The number of rotatable bonds is 5. The van der Waals surface area contributed by atoms with Crippen LogP contribution in [0.1, 0.15) is 17.5 Å². The molecule has 0 aromatic heterocycles. The maximum Gasteiger partial charge on any atom is 0.232 e. The molecule has 90 valence electrons. The highest BCUT2D eigenvalue weighted by Gasteiger charge is 2.10. The molecule has 0 heterocycles. The minimum absolute atomic E-state index is 0.0663. The van der Waals surface area contributed by atoms with E-state index < -0.39 is 10.0 Å². The third-order valence-corrected chi connectivity index (χ3v) is 3.62. The van der Waals surface area contributed by atoms with Gasteiger partial charge in [0, 0.05) is 0 Å². The summed E-state index contributed by atoms with van der Waals surface area (Å²) in [5.74, 6) is 0.0663. The van der Waals surface area contributed by atoms with E-state index in [9.17, 15) is 8.42 Å². The SMILES string of the molecule is Cc1ccc(NS(=O)(=O)CCCN)c(C)c1. The number of benzene rings is 1. The van der Waals surface area contributed by atoms with E-state index in [-0.39, 0.29) is 5.75 Å². The van der Waals surface area contributed by atoms with Gasteiger partial charge in [0.05, 0.1) is 11.4 Å². The molecule has 0 aliphatic heterocycles. The summed E-state index contributed by atoms with van der Waals surface area (Å²) < 4.78 is 25.8. The van der Waals surface area contributed by atoms with Crippen LogP contribution in [0.4, 0.5) is 5.69 Å². The summed E-state index contributed by atoms with van der Waals surface area (Å²) in [6.07, 6.45) is 0.472. The monoisotopic (exact) mass is 242 g/mol. The average Bonchev–Trinajstić information content (AvgIpc) is 2.19. The summed E-state index contributed by atoms with van der Waals surface area (Å²) in [5, 5.41) is 0. The Morgan fingerprint density at radius 3 is 2.56 bits per heavy atom. The largest absolute Gasteiger partial charge is 0.330 e. The first-order chi connectivity index (χ1) is 7.44. The average molecular weight is 242 g/mol. The molecular weight excluding hydrogens is 224 g/mol. The molecule has 0 saturated carbocycles. The Balaban J connectivity index is 2.80. The van der Waals surface area contributed by atoms with E-state index in [0.717, 1.165) is 11.1 Å². The van der Waals surface area contributed by atoms with Crippen LogP contribution >= 0.6 is 0 Å². The van der Waals surface area contributed by atoms with Crippen LogP contribution in [0, 0.1) is 13.8 Å². The minimum Gasteiger partial charge on any atom is -0.330 e. The molecule has 0 radical (unpaired) electrons. The van der Waals surface area contributed by atoms with Crippen molar-refractivity contribution in [2.45, 2.75) is 20.3 Å². The summed E-state index contributed by atoms with van der Waals surface area (Å²) in [4.78, 5) is 0. The van der Waals surface area contributed by atoms with Gasteiger partial charge in [-0.1, -0.05) is 17.7 Å². The fourth-order valence-corrected chi connectivity index (χ4v) is 2.63. The molecule has 5 heteroatoms. The number of sulfonamides is 1. The molecule has 0 bridgehead atoms. The molecule has 0 atom stereocenters. The van der Waals surface area contributed by atoms with Gasteiger partial charge < -0.3 is 5.73 Å². The number of nitrogens with one attached hydrogen (secondary N) is 1. The second-order valence-corrected chi connectivity index (χ2v) is 5.72. The predicted molar refractivity (Wildman–Crippen MR) is 67.0 cm³/mol. The maximum absolute atomic E-state index is 11.6. The summed E-state index contributed by atoms with van der Waals surface area (Å²) in [5.41, 5.74) is 7.97. The van der Waals surface area contributed by atoms with Crippen LogP contribution in [-0.4, -0.2) is 20.7 Å². The van der Waals surface area contributed by atoms with Crippen molar-refractivity contribution in [2.24, 2.45) is 5.73 Å². The van der Waals surface area contributed by atoms with Crippen LogP contribution in [0.3, 0.4) is 0 Å². The van der Waals surface area contributed by atoms with Crippen LogP contribution in [-0.2, 0) is 10.0 Å². The molecule has 1 aromatic carbocycles. The predicted octanol–water partition coefficient (Wildman–Crippen LogP) is 1.39. The molecule has 0 saturated heterocycles. The highest BCUT2D eigenvalue weighted by Crippen LogP contribution is 2.17. The van der Waals surface area contributed by atoms with Crippen molar-refractivity contribution in [1.29, 1.82) is 0 Å². The van der Waals surface area contributed by atoms with Crippen molar-refractivity contribution in [3.63, 3.8) is 0 Å². The highest BCUT2D eigenvalue weighted by molar-refractivity contribution is 7.92. The van der Waals surface area contributed by atoms with Gasteiger partial charge in [0.15, 0.2) is 0 Å². The molecule has 0 aliphatic carbocycles. The lowest BCUT2D eigenvalue weighted by molar-refractivity contribution is 0.598. The van der Waals surface area contributed by atoms with Crippen molar-refractivity contribution in [3.8, 4) is 0 Å². The summed E-state index contributed by atoms with van der Waals surface area (Å²) >= 11 is 0. The fraction of sp³-hybridized carbons (Fsp3) is 0.455. The number of anilines is 1. The van der Waals surface area contributed by atoms with Crippen LogP contribution in [0.15, 0.2) is 18.2 Å². The maximum atomic E-state index is 11.6. The molecule has 1 aromatic rings. The summed E-state index contributed by atoms with van der Waals surface area (Å²) in [7, 11) is -3.26. The van der Waals surface area contributed by atoms with E-state index >= 15 is 0 Å². The van der Waals surface area contributed by atoms with Gasteiger partial charge in [0.25, 0.3) is 0 Å². The zero-order valence-electron chi connectivity index (χ0n) is 9.66. The summed E-state index contributed by atoms with van der Waals surface area (Å²) in [6.45, 7) is 4.24. The first-order valence-electron chi connectivity index (χ1n) is 5.22. The zero-order chi connectivity index (χ0) is 12.2. The molecule has 1 rings (SSSR count). The van der Waals surface area contributed by atoms with E-state index in [1.807, 2.05) is 26.0 Å². The van der Waals surface area contributed by atoms with E-state index in [4.69, 9.17) is 5.73 Å². The first kappa shape index (κ1) is 13.0. The lowest BCUT2D eigenvalue weighted by Gasteiger charge is -2.10. The van der Waals surface area contributed by atoms with Gasteiger partial charge in [0.2, 0.25) is 10.0 Å². The lowest BCUT2D eigenvalue weighted by atomic mass is 10.1. The van der Waals surface area contributed by atoms with E-state index in [1.165, 1.54) is 0 Å². The van der Waals surface area contributed by atoms with Crippen molar-refractivity contribution >= 4 is 15.7 Å². The second-order valence-electron chi connectivity index (χ2n) is 3.88. The molecule has 3 N–H and O–H groups in total. The second kappa shape index (κ2) is 5.32. The molecule has 0 unspecified atom stereocenters. The third kappa shape index (κ3) is 3.83. The van der Waals surface area contributed by atoms with Crippen molar-refractivity contribution < 1.29 is 8.42 Å². The molecule has 0 amide bonds. The van der Waals surface area contributed by atoms with Crippen molar-refractivity contribution in [1.82, 2.24) is 0 Å². The van der Waals surface area contributed by atoms with E-state index in [1.54, 1.807) is 6.07 Å². The van der Waals surface area contributed by atoms with Gasteiger partial charge >= 0.3 is 0 Å². The van der Waals surface area contributed by atoms with Gasteiger partial charge in [-0.25, -0.2) is 8.42 Å². The Kier molecular flexibility index (Phi) is 4.32. The molecule has 4 nitrogen and oxygen atoms in total. The Labute approximate surface area is 96.9 Å². The van der Waals surface area contributed by atoms with Crippen LogP contribution < -0.4 is 10.5 Å². The standard InChI is InChI=1S/C11H18N2O2S/c1-9-4-5-11(10(2)8-9)13-16(14,15)7-3-6-12/h4-5,8,13H,3,6-7,12H2,1-2H3. The first-order valence-corrected chi connectivity index (χ1v) is 6.87. The Hall–Kier alpha value is -1.07. The van der Waals surface area contributed by atoms with Gasteiger partial charge in [-0.15, -0.1) is 0 Å². The van der Waals surface area contributed by atoms with Gasteiger partial charge in [-0.2, -0.15) is 0 Å². The normalized spacial score (nSPS) is 11.4. The molecule has 0 aliphatic rings. The molecule has 0 fully saturated rings.